The number of methoxy groups -OCH3 is 2. The number of ether oxygens (including phenoxy) is 3. The molecule has 1 saturated heterocycles. The molecular formula is C14H17N3O3. The number of aromatic nitrogens is 2. The van der Waals surface area contributed by atoms with E-state index < -0.39 is 0 Å². The molecule has 0 saturated carbocycles. The lowest BCUT2D eigenvalue weighted by Crippen LogP contribution is -2.37. The first-order chi connectivity index (χ1) is 9.81. The van der Waals surface area contributed by atoms with Crippen LogP contribution in [-0.2, 0) is 4.74 Å². The van der Waals surface area contributed by atoms with E-state index in [0.29, 0.717) is 25.0 Å². The zero-order chi connectivity index (χ0) is 13.9. The Labute approximate surface area is 117 Å². The van der Waals surface area contributed by atoms with Crippen LogP contribution in [0.25, 0.3) is 10.9 Å². The fourth-order valence-electron chi connectivity index (χ4n) is 2.26. The highest BCUT2D eigenvalue weighted by molar-refractivity contribution is 5.86. The van der Waals surface area contributed by atoms with Crippen molar-refractivity contribution in [3.8, 4) is 11.6 Å². The van der Waals surface area contributed by atoms with Gasteiger partial charge in [0.2, 0.25) is 11.8 Å². The van der Waals surface area contributed by atoms with Gasteiger partial charge in [-0.05, 0) is 18.2 Å². The maximum Gasteiger partial charge on any atom is 0.229 e. The predicted octanol–water partition coefficient (Wildman–Crippen LogP) is 1.48. The molecule has 0 aliphatic carbocycles. The standard InChI is InChI=1S/C14H17N3O3/c1-18-10-3-4-12-11(9-10)13(19-2)16-14(15-12)17-5-7-20-8-6-17/h3-4,9H,5-8H2,1-2H3. The summed E-state index contributed by atoms with van der Waals surface area (Å²) in [6.45, 7) is 2.99. The molecule has 6 nitrogen and oxygen atoms in total. The van der Waals surface area contributed by atoms with Gasteiger partial charge in [0.1, 0.15) is 5.75 Å². The van der Waals surface area contributed by atoms with E-state index in [1.54, 1.807) is 14.2 Å². The smallest absolute Gasteiger partial charge is 0.229 e. The van der Waals surface area contributed by atoms with Crippen molar-refractivity contribution >= 4 is 16.9 Å². The molecule has 1 aliphatic heterocycles. The highest BCUT2D eigenvalue weighted by atomic mass is 16.5. The lowest BCUT2D eigenvalue weighted by atomic mass is 10.2. The van der Waals surface area contributed by atoms with E-state index in [2.05, 4.69) is 14.9 Å². The van der Waals surface area contributed by atoms with Crippen LogP contribution in [0.4, 0.5) is 5.95 Å². The van der Waals surface area contributed by atoms with Gasteiger partial charge < -0.3 is 19.1 Å². The molecule has 1 fully saturated rings. The first-order valence-electron chi connectivity index (χ1n) is 6.54. The second-order valence-electron chi connectivity index (χ2n) is 4.52. The highest BCUT2D eigenvalue weighted by Crippen LogP contribution is 2.28. The highest BCUT2D eigenvalue weighted by Gasteiger charge is 2.17. The molecule has 1 aromatic carbocycles. The third kappa shape index (κ3) is 2.34. The van der Waals surface area contributed by atoms with E-state index in [-0.39, 0.29) is 0 Å². The molecule has 2 heterocycles. The Kier molecular flexibility index (Phi) is 3.56. The van der Waals surface area contributed by atoms with Crippen molar-refractivity contribution in [2.24, 2.45) is 0 Å². The molecule has 0 unspecified atom stereocenters. The quantitative estimate of drug-likeness (QED) is 0.845. The third-order valence-corrected chi connectivity index (χ3v) is 3.34. The Bertz CT molecular complexity index is 612. The number of rotatable bonds is 3. The summed E-state index contributed by atoms with van der Waals surface area (Å²) in [7, 11) is 3.25. The molecule has 1 aliphatic rings. The average Bonchev–Trinajstić information content (AvgIpc) is 2.54. The molecule has 0 amide bonds. The minimum atomic E-state index is 0.565. The van der Waals surface area contributed by atoms with E-state index in [9.17, 15) is 0 Å². The Hall–Kier alpha value is -2.08. The summed E-state index contributed by atoms with van der Waals surface area (Å²) < 4.78 is 16.0. The summed E-state index contributed by atoms with van der Waals surface area (Å²) in [6.07, 6.45) is 0. The molecule has 20 heavy (non-hydrogen) atoms. The summed E-state index contributed by atoms with van der Waals surface area (Å²) in [6, 6.07) is 5.69. The van der Waals surface area contributed by atoms with E-state index in [0.717, 1.165) is 29.7 Å². The zero-order valence-electron chi connectivity index (χ0n) is 11.6. The van der Waals surface area contributed by atoms with Crippen LogP contribution < -0.4 is 14.4 Å². The maximum atomic E-state index is 5.39. The molecule has 0 atom stereocenters. The number of nitrogens with zero attached hydrogens (tertiary/aromatic N) is 3. The van der Waals surface area contributed by atoms with Crippen molar-refractivity contribution in [2.45, 2.75) is 0 Å². The van der Waals surface area contributed by atoms with Crippen molar-refractivity contribution in [2.75, 3.05) is 45.4 Å². The van der Waals surface area contributed by atoms with Crippen LogP contribution in [0.1, 0.15) is 0 Å². The van der Waals surface area contributed by atoms with Gasteiger partial charge in [-0.1, -0.05) is 0 Å². The molecule has 0 spiro atoms. The normalized spacial score (nSPS) is 15.4. The number of fused-ring (bicyclic) bond motifs is 1. The Morgan fingerprint density at radius 3 is 2.60 bits per heavy atom. The Balaban J connectivity index is 2.07. The lowest BCUT2D eigenvalue weighted by molar-refractivity contribution is 0.122. The molecule has 0 N–H and O–H groups in total. The van der Waals surface area contributed by atoms with Crippen LogP contribution in [0.15, 0.2) is 18.2 Å². The first-order valence-corrected chi connectivity index (χ1v) is 6.54. The number of benzene rings is 1. The molecule has 106 valence electrons. The predicted molar refractivity (Wildman–Crippen MR) is 75.7 cm³/mol. The van der Waals surface area contributed by atoms with E-state index >= 15 is 0 Å². The van der Waals surface area contributed by atoms with Gasteiger partial charge in [-0.15, -0.1) is 0 Å². The van der Waals surface area contributed by atoms with Crippen molar-refractivity contribution in [3.63, 3.8) is 0 Å². The number of anilines is 1. The van der Waals surface area contributed by atoms with Crippen molar-refractivity contribution in [3.05, 3.63) is 18.2 Å². The minimum absolute atomic E-state index is 0.565. The van der Waals surface area contributed by atoms with Gasteiger partial charge in [0.05, 0.1) is 38.3 Å². The van der Waals surface area contributed by atoms with Gasteiger partial charge in [0, 0.05) is 13.1 Å². The largest absolute Gasteiger partial charge is 0.497 e. The van der Waals surface area contributed by atoms with Gasteiger partial charge in [-0.3, -0.25) is 0 Å². The van der Waals surface area contributed by atoms with Gasteiger partial charge >= 0.3 is 0 Å². The molecule has 2 aromatic rings. The second kappa shape index (κ2) is 5.50. The summed E-state index contributed by atoms with van der Waals surface area (Å²) in [4.78, 5) is 11.2. The maximum absolute atomic E-state index is 5.39. The van der Waals surface area contributed by atoms with Crippen LogP contribution in [0.3, 0.4) is 0 Å². The number of morpholine rings is 1. The fraction of sp³-hybridized carbons (Fsp3) is 0.429. The van der Waals surface area contributed by atoms with Crippen LogP contribution in [0.2, 0.25) is 0 Å². The molecule has 3 rings (SSSR count). The topological polar surface area (TPSA) is 56.7 Å². The summed E-state index contributed by atoms with van der Waals surface area (Å²) in [5, 5.41) is 0.851. The van der Waals surface area contributed by atoms with Crippen LogP contribution in [-0.4, -0.2) is 50.5 Å². The monoisotopic (exact) mass is 275 g/mol. The SMILES string of the molecule is COc1ccc2nc(N3CCOCC3)nc(OC)c2c1. The molecule has 0 radical (unpaired) electrons. The molecular weight excluding hydrogens is 258 g/mol. The van der Waals surface area contributed by atoms with E-state index in [4.69, 9.17) is 14.2 Å². The lowest BCUT2D eigenvalue weighted by Gasteiger charge is -2.27. The van der Waals surface area contributed by atoms with E-state index in [1.165, 1.54) is 0 Å². The number of hydrogen-bond acceptors (Lipinski definition) is 6. The summed E-state index contributed by atoms with van der Waals surface area (Å²) in [5.74, 6) is 2.01. The second-order valence-corrected chi connectivity index (χ2v) is 4.52. The van der Waals surface area contributed by atoms with Crippen molar-refractivity contribution in [1.82, 2.24) is 9.97 Å². The number of hydrogen-bond donors (Lipinski definition) is 0. The van der Waals surface area contributed by atoms with Gasteiger partial charge in [0.25, 0.3) is 0 Å². The third-order valence-electron chi connectivity index (χ3n) is 3.34. The minimum Gasteiger partial charge on any atom is -0.497 e. The Morgan fingerprint density at radius 1 is 1.10 bits per heavy atom. The Morgan fingerprint density at radius 2 is 1.90 bits per heavy atom. The summed E-state index contributed by atoms with van der Waals surface area (Å²) >= 11 is 0. The first kappa shape index (κ1) is 12.9. The van der Waals surface area contributed by atoms with E-state index in [1.807, 2.05) is 18.2 Å². The van der Waals surface area contributed by atoms with Crippen LogP contribution in [0, 0.1) is 0 Å². The molecule has 6 heteroatoms. The average molecular weight is 275 g/mol. The van der Waals surface area contributed by atoms with Gasteiger partial charge in [-0.25, -0.2) is 4.98 Å². The molecule has 1 aromatic heterocycles. The van der Waals surface area contributed by atoms with Crippen molar-refractivity contribution < 1.29 is 14.2 Å². The summed E-state index contributed by atoms with van der Waals surface area (Å²) in [5.41, 5.74) is 0.846. The van der Waals surface area contributed by atoms with Crippen LogP contribution >= 0.6 is 0 Å². The zero-order valence-corrected chi connectivity index (χ0v) is 11.6. The molecule has 0 bridgehead atoms. The van der Waals surface area contributed by atoms with Gasteiger partial charge in [-0.2, -0.15) is 4.98 Å². The fourth-order valence-corrected chi connectivity index (χ4v) is 2.26. The van der Waals surface area contributed by atoms with Crippen LogP contribution in [0.5, 0.6) is 11.6 Å². The van der Waals surface area contributed by atoms with Crippen molar-refractivity contribution in [1.29, 1.82) is 0 Å². The van der Waals surface area contributed by atoms with Gasteiger partial charge in [0.15, 0.2) is 0 Å².